The van der Waals surface area contributed by atoms with Gasteiger partial charge in [-0.15, -0.1) is 0 Å². The van der Waals surface area contributed by atoms with Crippen molar-refractivity contribution in [3.63, 3.8) is 0 Å². The van der Waals surface area contributed by atoms with E-state index in [0.29, 0.717) is 36.9 Å². The van der Waals surface area contributed by atoms with Gasteiger partial charge in [-0.3, -0.25) is 9.59 Å². The number of carbonyl (C=O) groups excluding carboxylic acids is 2. The Bertz CT molecular complexity index is 910. The van der Waals surface area contributed by atoms with E-state index in [4.69, 9.17) is 9.47 Å². The quantitative estimate of drug-likeness (QED) is 0.567. The number of hydrogen-bond acceptors (Lipinski definition) is 4. The molecule has 2 rings (SSSR count). The van der Waals surface area contributed by atoms with Crippen molar-refractivity contribution >= 4 is 11.8 Å². The first-order chi connectivity index (χ1) is 15.2. The zero-order valence-corrected chi connectivity index (χ0v) is 20.1. The lowest BCUT2D eigenvalue weighted by molar-refractivity contribution is -0.143. The number of hydrogen-bond donors (Lipinski definition) is 1. The number of methoxy groups -OCH3 is 1. The molecule has 2 aromatic carbocycles. The van der Waals surface area contributed by atoms with Gasteiger partial charge in [-0.25, -0.2) is 0 Å². The summed E-state index contributed by atoms with van der Waals surface area (Å²) in [4.78, 5) is 27.9. The van der Waals surface area contributed by atoms with Gasteiger partial charge in [0.25, 0.3) is 5.91 Å². The van der Waals surface area contributed by atoms with Crippen LogP contribution in [0.5, 0.6) is 11.5 Å². The van der Waals surface area contributed by atoms with E-state index in [-0.39, 0.29) is 18.4 Å². The highest BCUT2D eigenvalue weighted by Crippen LogP contribution is 2.21. The van der Waals surface area contributed by atoms with Crippen LogP contribution >= 0.6 is 0 Å². The lowest BCUT2D eigenvalue weighted by Gasteiger charge is -2.31. The fourth-order valence-corrected chi connectivity index (χ4v) is 3.39. The highest BCUT2D eigenvalue weighted by molar-refractivity contribution is 5.88. The molecule has 0 saturated heterocycles. The van der Waals surface area contributed by atoms with Crippen LogP contribution in [0.25, 0.3) is 0 Å². The number of benzene rings is 2. The largest absolute Gasteiger partial charge is 0.497 e. The maximum atomic E-state index is 13.3. The molecule has 0 aliphatic rings. The van der Waals surface area contributed by atoms with Gasteiger partial charge in [-0.1, -0.05) is 45.0 Å². The Labute approximate surface area is 191 Å². The Hall–Kier alpha value is -3.02. The summed E-state index contributed by atoms with van der Waals surface area (Å²) in [5, 5.41) is 2.97. The topological polar surface area (TPSA) is 67.9 Å². The Morgan fingerprint density at radius 3 is 2.50 bits per heavy atom. The van der Waals surface area contributed by atoms with Crippen LogP contribution in [0, 0.1) is 19.8 Å². The molecule has 1 N–H and O–H groups in total. The number of carbonyl (C=O) groups is 2. The van der Waals surface area contributed by atoms with Gasteiger partial charge in [-0.2, -0.15) is 0 Å². The van der Waals surface area contributed by atoms with Crippen molar-refractivity contribution in [3.05, 3.63) is 59.2 Å². The summed E-state index contributed by atoms with van der Waals surface area (Å²) in [5.41, 5.74) is 2.91. The summed E-state index contributed by atoms with van der Waals surface area (Å²) in [7, 11) is 1.61. The maximum Gasteiger partial charge on any atom is 0.261 e. The molecule has 6 nitrogen and oxygen atoms in total. The minimum Gasteiger partial charge on any atom is -0.497 e. The van der Waals surface area contributed by atoms with Crippen LogP contribution in [-0.2, 0) is 16.1 Å². The van der Waals surface area contributed by atoms with Gasteiger partial charge in [0.05, 0.1) is 7.11 Å². The number of ether oxygens (including phenoxy) is 2. The van der Waals surface area contributed by atoms with Gasteiger partial charge in [0.15, 0.2) is 6.61 Å². The smallest absolute Gasteiger partial charge is 0.261 e. The second-order valence-electron chi connectivity index (χ2n) is 8.49. The first-order valence-electron chi connectivity index (χ1n) is 11.1. The van der Waals surface area contributed by atoms with Crippen molar-refractivity contribution in [2.24, 2.45) is 5.92 Å². The summed E-state index contributed by atoms with van der Waals surface area (Å²) in [6, 6.07) is 12.8. The average molecular weight is 441 g/mol. The van der Waals surface area contributed by atoms with Gasteiger partial charge in [0.2, 0.25) is 5.91 Å². The molecule has 2 aromatic rings. The van der Waals surface area contributed by atoms with Gasteiger partial charge < -0.3 is 19.7 Å². The molecule has 0 saturated carbocycles. The summed E-state index contributed by atoms with van der Waals surface area (Å²) in [5.74, 6) is 1.33. The van der Waals surface area contributed by atoms with Crippen LogP contribution in [0.4, 0.5) is 0 Å². The van der Waals surface area contributed by atoms with E-state index < -0.39 is 6.04 Å². The van der Waals surface area contributed by atoms with Gasteiger partial charge in [-0.05, 0) is 61.1 Å². The van der Waals surface area contributed by atoms with Crippen molar-refractivity contribution in [1.82, 2.24) is 10.2 Å². The normalized spacial score (nSPS) is 11.7. The Balaban J connectivity index is 2.25. The number of amides is 2. The molecule has 0 heterocycles. The third-order valence-corrected chi connectivity index (χ3v) is 5.25. The highest BCUT2D eigenvalue weighted by Gasteiger charge is 2.29. The molecule has 0 fully saturated rings. The van der Waals surface area contributed by atoms with Crippen molar-refractivity contribution in [2.75, 3.05) is 20.3 Å². The summed E-state index contributed by atoms with van der Waals surface area (Å²) in [6.07, 6.45) is 0.503. The third kappa shape index (κ3) is 7.29. The maximum absolute atomic E-state index is 13.3. The van der Waals surface area contributed by atoms with Crippen LogP contribution in [0.2, 0.25) is 0 Å². The van der Waals surface area contributed by atoms with E-state index in [9.17, 15) is 9.59 Å². The lowest BCUT2D eigenvalue weighted by atomic mass is 10.1. The molecule has 6 heteroatoms. The van der Waals surface area contributed by atoms with Gasteiger partial charge in [0, 0.05) is 13.1 Å². The fourth-order valence-electron chi connectivity index (χ4n) is 3.39. The first kappa shape index (κ1) is 25.2. The number of nitrogens with one attached hydrogen (secondary N) is 1. The van der Waals surface area contributed by atoms with E-state index in [2.05, 4.69) is 5.32 Å². The molecule has 0 aromatic heterocycles. The Morgan fingerprint density at radius 1 is 1.09 bits per heavy atom. The van der Waals surface area contributed by atoms with E-state index in [0.717, 1.165) is 16.7 Å². The van der Waals surface area contributed by atoms with E-state index in [1.807, 2.05) is 77.1 Å². The standard InChI is InChI=1S/C26H36N2O4/c1-7-23(26(30)27-15-18(2)3)28(16-21-9-8-10-22(14-21)31-6)25(29)17-32-24-13-19(4)11-12-20(24)5/h8-14,18,23H,7,15-17H2,1-6H3,(H,27,30). The summed E-state index contributed by atoms with van der Waals surface area (Å²) < 4.78 is 11.2. The van der Waals surface area contributed by atoms with Crippen LogP contribution in [0.3, 0.4) is 0 Å². The predicted octanol–water partition coefficient (Wildman–Crippen LogP) is 4.27. The molecule has 0 aliphatic heterocycles. The first-order valence-corrected chi connectivity index (χ1v) is 11.1. The molecule has 2 amide bonds. The Kier molecular flexibility index (Phi) is 9.57. The highest BCUT2D eigenvalue weighted by atomic mass is 16.5. The fraction of sp³-hybridized carbons (Fsp3) is 0.462. The van der Waals surface area contributed by atoms with Crippen molar-refractivity contribution < 1.29 is 19.1 Å². The molecule has 32 heavy (non-hydrogen) atoms. The molecule has 1 atom stereocenters. The minimum absolute atomic E-state index is 0.137. The van der Waals surface area contributed by atoms with Crippen molar-refractivity contribution in [2.45, 2.75) is 53.6 Å². The number of nitrogens with zero attached hydrogens (tertiary/aromatic N) is 1. The van der Waals surface area contributed by atoms with Crippen LogP contribution in [0.1, 0.15) is 43.9 Å². The molecule has 174 valence electrons. The molecule has 0 spiro atoms. The lowest BCUT2D eigenvalue weighted by Crippen LogP contribution is -2.50. The minimum atomic E-state index is -0.588. The van der Waals surface area contributed by atoms with E-state index in [1.165, 1.54) is 0 Å². The van der Waals surface area contributed by atoms with Gasteiger partial charge >= 0.3 is 0 Å². The molecular weight excluding hydrogens is 404 g/mol. The molecule has 0 bridgehead atoms. The monoisotopic (exact) mass is 440 g/mol. The SMILES string of the molecule is CCC(C(=O)NCC(C)C)N(Cc1cccc(OC)c1)C(=O)COc1cc(C)ccc1C. The van der Waals surface area contributed by atoms with E-state index in [1.54, 1.807) is 12.0 Å². The van der Waals surface area contributed by atoms with Crippen LogP contribution in [-0.4, -0.2) is 43.0 Å². The molecule has 0 aliphatic carbocycles. The Morgan fingerprint density at radius 2 is 1.84 bits per heavy atom. The van der Waals surface area contributed by atoms with E-state index >= 15 is 0 Å². The average Bonchev–Trinajstić information content (AvgIpc) is 2.78. The second-order valence-corrected chi connectivity index (χ2v) is 8.49. The number of rotatable bonds is 11. The molecule has 0 radical (unpaired) electrons. The zero-order chi connectivity index (χ0) is 23.7. The molecule has 1 unspecified atom stereocenters. The molecular formula is C26H36N2O4. The second kappa shape index (κ2) is 12.1. The van der Waals surface area contributed by atoms with Crippen molar-refractivity contribution in [1.29, 1.82) is 0 Å². The van der Waals surface area contributed by atoms with Crippen molar-refractivity contribution in [3.8, 4) is 11.5 Å². The summed E-state index contributed by atoms with van der Waals surface area (Å²) in [6.45, 7) is 10.6. The third-order valence-electron chi connectivity index (χ3n) is 5.25. The zero-order valence-electron chi connectivity index (χ0n) is 20.1. The number of aryl methyl sites for hydroxylation is 2. The predicted molar refractivity (Wildman–Crippen MR) is 127 cm³/mol. The van der Waals surface area contributed by atoms with Crippen LogP contribution in [0.15, 0.2) is 42.5 Å². The van der Waals surface area contributed by atoms with Crippen LogP contribution < -0.4 is 14.8 Å². The summed E-state index contributed by atoms with van der Waals surface area (Å²) >= 11 is 0. The van der Waals surface area contributed by atoms with Gasteiger partial charge in [0.1, 0.15) is 17.5 Å².